The minimum atomic E-state index is -3.88. The SMILES string of the molecule is O=S(=O)(NC1NN=C(c2cc(Cl)cc(Cl)c2O)N1Nc1ccccc1)c1ccccc1. The van der Waals surface area contributed by atoms with Crippen LogP contribution in [0.1, 0.15) is 5.56 Å². The molecule has 0 aromatic heterocycles. The maximum absolute atomic E-state index is 12.9. The van der Waals surface area contributed by atoms with E-state index in [-0.39, 0.29) is 32.1 Å². The lowest BCUT2D eigenvalue weighted by Crippen LogP contribution is -2.54. The van der Waals surface area contributed by atoms with Crippen molar-refractivity contribution in [2.45, 2.75) is 11.2 Å². The molecule has 4 N–H and O–H groups in total. The van der Waals surface area contributed by atoms with Crippen LogP contribution in [0.2, 0.25) is 10.0 Å². The van der Waals surface area contributed by atoms with Gasteiger partial charge in [0.15, 0.2) is 5.84 Å². The molecule has 4 rings (SSSR count). The van der Waals surface area contributed by atoms with Gasteiger partial charge in [0.1, 0.15) is 5.75 Å². The van der Waals surface area contributed by atoms with Crippen molar-refractivity contribution in [2.24, 2.45) is 5.10 Å². The van der Waals surface area contributed by atoms with E-state index in [4.69, 9.17) is 23.2 Å². The van der Waals surface area contributed by atoms with E-state index in [1.165, 1.54) is 29.3 Å². The molecular formula is C20H17Cl2N5O3S. The number of hydrazine groups is 1. The number of hydrogen-bond acceptors (Lipinski definition) is 7. The number of para-hydroxylation sites is 1. The highest BCUT2D eigenvalue weighted by atomic mass is 35.5. The number of anilines is 1. The fourth-order valence-corrected chi connectivity index (χ4v) is 4.54. The Morgan fingerprint density at radius 2 is 1.65 bits per heavy atom. The summed E-state index contributed by atoms with van der Waals surface area (Å²) in [5, 5.41) is 16.4. The van der Waals surface area contributed by atoms with Crippen molar-refractivity contribution in [2.75, 3.05) is 5.43 Å². The first-order valence-electron chi connectivity index (χ1n) is 9.05. The second kappa shape index (κ2) is 8.64. The molecule has 0 saturated heterocycles. The number of phenols is 1. The number of hydrogen-bond donors (Lipinski definition) is 4. The van der Waals surface area contributed by atoms with E-state index in [0.29, 0.717) is 5.69 Å². The van der Waals surface area contributed by atoms with Crippen LogP contribution in [0.5, 0.6) is 5.75 Å². The van der Waals surface area contributed by atoms with Gasteiger partial charge in [0, 0.05) is 5.02 Å². The van der Waals surface area contributed by atoms with Crippen molar-refractivity contribution in [3.63, 3.8) is 0 Å². The van der Waals surface area contributed by atoms with E-state index in [1.807, 2.05) is 18.2 Å². The van der Waals surface area contributed by atoms with Crippen LogP contribution >= 0.6 is 23.2 Å². The fourth-order valence-electron chi connectivity index (χ4n) is 2.95. The Morgan fingerprint density at radius 1 is 1.00 bits per heavy atom. The van der Waals surface area contributed by atoms with Gasteiger partial charge in [-0.25, -0.2) is 13.4 Å². The van der Waals surface area contributed by atoms with Gasteiger partial charge in [0.2, 0.25) is 16.3 Å². The Bertz CT molecular complexity index is 1220. The molecule has 0 radical (unpaired) electrons. The van der Waals surface area contributed by atoms with Crippen LogP contribution in [-0.4, -0.2) is 30.7 Å². The van der Waals surface area contributed by atoms with Gasteiger partial charge in [-0.15, -0.1) is 0 Å². The zero-order valence-electron chi connectivity index (χ0n) is 15.8. The Kier molecular flexibility index (Phi) is 5.92. The minimum absolute atomic E-state index is 0.0400. The van der Waals surface area contributed by atoms with Crippen LogP contribution in [0.4, 0.5) is 5.69 Å². The number of phenolic OH excluding ortho intramolecular Hbond substituents is 1. The van der Waals surface area contributed by atoms with E-state index in [9.17, 15) is 13.5 Å². The molecule has 160 valence electrons. The number of nitrogens with one attached hydrogen (secondary N) is 3. The Morgan fingerprint density at radius 3 is 2.32 bits per heavy atom. The van der Waals surface area contributed by atoms with Crippen molar-refractivity contribution < 1.29 is 13.5 Å². The summed E-state index contributed by atoms with van der Waals surface area (Å²) in [5.41, 5.74) is 6.71. The molecule has 0 saturated carbocycles. The van der Waals surface area contributed by atoms with Crippen LogP contribution in [-0.2, 0) is 10.0 Å². The van der Waals surface area contributed by atoms with E-state index < -0.39 is 16.3 Å². The van der Waals surface area contributed by atoms with E-state index in [0.717, 1.165) is 0 Å². The quantitative estimate of drug-likeness (QED) is 0.432. The van der Waals surface area contributed by atoms with Crippen molar-refractivity contribution in [1.82, 2.24) is 15.2 Å². The summed E-state index contributed by atoms with van der Waals surface area (Å²) in [5.74, 6) is -0.0513. The molecule has 31 heavy (non-hydrogen) atoms. The first-order chi connectivity index (χ1) is 14.8. The lowest BCUT2D eigenvalue weighted by atomic mass is 10.1. The molecule has 0 bridgehead atoms. The van der Waals surface area contributed by atoms with Crippen molar-refractivity contribution in [3.8, 4) is 5.75 Å². The van der Waals surface area contributed by atoms with Crippen molar-refractivity contribution in [3.05, 3.63) is 88.4 Å². The first-order valence-corrected chi connectivity index (χ1v) is 11.3. The zero-order chi connectivity index (χ0) is 22.0. The highest BCUT2D eigenvalue weighted by molar-refractivity contribution is 7.89. The summed E-state index contributed by atoms with van der Waals surface area (Å²) in [4.78, 5) is 0.0959. The normalized spacial score (nSPS) is 16.0. The predicted octanol–water partition coefficient (Wildman–Crippen LogP) is 3.56. The van der Waals surface area contributed by atoms with Crippen molar-refractivity contribution in [1.29, 1.82) is 0 Å². The number of halogens is 2. The minimum Gasteiger partial charge on any atom is -0.506 e. The molecule has 8 nitrogen and oxygen atoms in total. The molecule has 0 fully saturated rings. The smallest absolute Gasteiger partial charge is 0.243 e. The Balaban J connectivity index is 1.70. The lowest BCUT2D eigenvalue weighted by molar-refractivity contribution is 0.325. The molecule has 3 aromatic rings. The van der Waals surface area contributed by atoms with Crippen LogP contribution in [0.25, 0.3) is 0 Å². The molecule has 1 unspecified atom stereocenters. The van der Waals surface area contributed by atoms with Gasteiger partial charge >= 0.3 is 0 Å². The number of hydrazone groups is 1. The first kappa shape index (κ1) is 21.3. The number of benzene rings is 3. The van der Waals surface area contributed by atoms with Gasteiger partial charge in [-0.2, -0.15) is 9.82 Å². The van der Waals surface area contributed by atoms with Crippen molar-refractivity contribution >= 4 is 44.7 Å². The largest absolute Gasteiger partial charge is 0.506 e. The second-order valence-corrected chi connectivity index (χ2v) is 9.09. The molecule has 1 aliphatic rings. The Hall–Kier alpha value is -2.98. The average molecular weight is 478 g/mol. The van der Waals surface area contributed by atoms with Crippen LogP contribution in [0.3, 0.4) is 0 Å². The summed E-state index contributed by atoms with van der Waals surface area (Å²) >= 11 is 12.2. The molecule has 3 aromatic carbocycles. The van der Waals surface area contributed by atoms with E-state index in [1.54, 1.807) is 30.3 Å². The predicted molar refractivity (Wildman–Crippen MR) is 120 cm³/mol. The average Bonchev–Trinajstić information content (AvgIpc) is 3.13. The highest BCUT2D eigenvalue weighted by Gasteiger charge is 2.34. The van der Waals surface area contributed by atoms with Crippen LogP contribution in [0, 0.1) is 0 Å². The molecular weight excluding hydrogens is 461 g/mol. The topological polar surface area (TPSA) is 106 Å². The van der Waals surface area contributed by atoms with E-state index >= 15 is 0 Å². The standard InChI is InChI=1S/C20H17Cl2N5O3S/c21-13-11-16(18(28)17(22)12-13)19-23-24-20(27(19)25-14-7-3-1-4-8-14)26-31(29,30)15-9-5-2-6-10-15/h1-12,20,24-26,28H. The molecule has 0 aliphatic carbocycles. The third-order valence-corrected chi connectivity index (χ3v) is 6.32. The van der Waals surface area contributed by atoms with Gasteiger partial charge in [-0.3, -0.25) is 10.9 Å². The fraction of sp³-hybridized carbons (Fsp3) is 0.0500. The third kappa shape index (κ3) is 4.54. The van der Waals surface area contributed by atoms with Crippen LogP contribution < -0.4 is 15.6 Å². The number of rotatable bonds is 6. The summed E-state index contributed by atoms with van der Waals surface area (Å²) < 4.78 is 28.3. The van der Waals surface area contributed by atoms with Gasteiger partial charge in [0.05, 0.1) is 21.2 Å². The van der Waals surface area contributed by atoms with Gasteiger partial charge in [0.25, 0.3) is 0 Å². The Labute approximate surface area is 189 Å². The maximum atomic E-state index is 12.9. The second-order valence-electron chi connectivity index (χ2n) is 6.53. The lowest BCUT2D eigenvalue weighted by Gasteiger charge is -2.29. The molecule has 1 aliphatic heterocycles. The number of aromatic hydroxyl groups is 1. The summed E-state index contributed by atoms with van der Waals surface area (Å²) in [6.07, 6.45) is -1.02. The molecule has 1 atom stereocenters. The highest BCUT2D eigenvalue weighted by Crippen LogP contribution is 2.33. The zero-order valence-corrected chi connectivity index (χ0v) is 18.2. The number of nitrogens with zero attached hydrogens (tertiary/aromatic N) is 2. The summed E-state index contributed by atoms with van der Waals surface area (Å²) in [7, 11) is -3.88. The van der Waals surface area contributed by atoms with Gasteiger partial charge in [-0.05, 0) is 36.4 Å². The third-order valence-electron chi connectivity index (χ3n) is 4.39. The molecule has 1 heterocycles. The van der Waals surface area contributed by atoms with E-state index in [2.05, 4.69) is 20.7 Å². The van der Waals surface area contributed by atoms with Gasteiger partial charge < -0.3 is 5.11 Å². The maximum Gasteiger partial charge on any atom is 0.243 e. The molecule has 0 amide bonds. The van der Waals surface area contributed by atoms with Crippen LogP contribution in [0.15, 0.2) is 82.8 Å². The number of amidine groups is 1. The molecule has 11 heteroatoms. The number of sulfonamides is 1. The van der Waals surface area contributed by atoms with Gasteiger partial charge in [-0.1, -0.05) is 59.6 Å². The monoisotopic (exact) mass is 477 g/mol. The molecule has 0 spiro atoms. The summed E-state index contributed by atoms with van der Waals surface area (Å²) in [6.45, 7) is 0. The summed E-state index contributed by atoms with van der Waals surface area (Å²) in [6, 6.07) is 19.9.